The third-order valence-corrected chi connectivity index (χ3v) is 21.7. The molecule has 15 N–H and O–H groups in total. The highest BCUT2D eigenvalue weighted by molar-refractivity contribution is 7.98. The molecule has 1 aromatic heterocycles. The Balaban J connectivity index is 0.907. The number of nitrogens with zero attached hydrogens (tertiary/aromatic N) is 2. The first-order valence-electron chi connectivity index (χ1n) is 38.6. The lowest BCUT2D eigenvalue weighted by molar-refractivity contribution is -0.144. The zero-order valence-corrected chi connectivity index (χ0v) is 67.1. The zero-order chi connectivity index (χ0) is 82.9. The number of phenolic OH excluding ortho intramolecular Hbond substituents is 1. The molecule has 2 saturated heterocycles. The minimum atomic E-state index is -2.45. The number of aromatic nitrogens is 1. The second kappa shape index (κ2) is 52.3. The van der Waals surface area contributed by atoms with Gasteiger partial charge in [0, 0.05) is 96.8 Å². The van der Waals surface area contributed by atoms with Crippen LogP contribution in [0.15, 0.2) is 29.1 Å². The first-order chi connectivity index (χ1) is 54.8. The Bertz CT molecular complexity index is 3480. The van der Waals surface area contributed by atoms with Crippen molar-refractivity contribution in [3.63, 3.8) is 0 Å². The van der Waals surface area contributed by atoms with Crippen molar-refractivity contribution in [2.24, 2.45) is 41.1 Å². The van der Waals surface area contributed by atoms with Crippen LogP contribution in [-0.2, 0) is 128 Å². The molecule has 0 spiro atoms. The fourth-order valence-electron chi connectivity index (χ4n) is 12.7. The number of nitrogens with one attached hydrogen (secondary N) is 7. The molecule has 642 valence electrons. The summed E-state index contributed by atoms with van der Waals surface area (Å²) in [5.41, 5.74) is 12.6. The number of carbonyl (C=O) groups is 11. The zero-order valence-electron chi connectivity index (χ0n) is 65.5. The van der Waals surface area contributed by atoms with Crippen molar-refractivity contribution in [1.29, 1.82) is 0 Å². The average Bonchev–Trinajstić information content (AvgIpc) is 1.61. The Morgan fingerprint density at radius 2 is 1.23 bits per heavy atom. The highest BCUT2D eigenvalue weighted by Gasteiger charge is 2.46. The predicted octanol–water partition coefficient (Wildman–Crippen LogP) is -3.54. The fraction of sp³-hybridized carbons (Fsp3) is 0.716. The number of rotatable bonds is 48. The summed E-state index contributed by atoms with van der Waals surface area (Å²) in [5.74, 6) is -13.9. The van der Waals surface area contributed by atoms with Crippen LogP contribution in [0.4, 0.5) is 0 Å². The van der Waals surface area contributed by atoms with Crippen LogP contribution >= 0.6 is 11.8 Å². The van der Waals surface area contributed by atoms with Gasteiger partial charge in [-0.15, -0.1) is 0 Å². The van der Waals surface area contributed by atoms with E-state index in [9.17, 15) is 73.2 Å². The highest BCUT2D eigenvalue weighted by Crippen LogP contribution is 2.37. The third kappa shape index (κ3) is 32.6. The number of H-pyrrole nitrogens is 1. The topological polar surface area (TPSA) is 534 Å². The number of Topliss-reactive ketones (excluding diaryl/α,β-unsaturated/α-hetero) is 2. The molecule has 4 aliphatic heterocycles. The summed E-state index contributed by atoms with van der Waals surface area (Å²) in [5, 5.41) is 59.2. The summed E-state index contributed by atoms with van der Waals surface area (Å²) in [7, 11) is -2.45. The number of benzene rings is 1. The number of aromatic amines is 1. The van der Waals surface area contributed by atoms with Gasteiger partial charge in [-0.2, -0.15) is 11.8 Å². The van der Waals surface area contributed by atoms with E-state index in [-0.39, 0.29) is 78.1 Å². The number of nitrogens with two attached hydrogens (primary N) is 2. The molecule has 9 amide bonds. The van der Waals surface area contributed by atoms with Crippen LogP contribution in [0, 0.1) is 29.6 Å². The van der Waals surface area contributed by atoms with Crippen LogP contribution in [0.1, 0.15) is 77.3 Å². The minimum absolute atomic E-state index is 0.0692. The monoisotopic (exact) mass is 1660 g/mol. The summed E-state index contributed by atoms with van der Waals surface area (Å²) in [4.78, 5) is 157. The molecule has 1 aromatic carbocycles. The van der Waals surface area contributed by atoms with Gasteiger partial charge < -0.3 is 126 Å². The Kier molecular flexibility index (Phi) is 43.8. The SMILES string of the molecule is CC[C@H](C)[C@@H]1CC(=O)CNC(=O)[C@H]2CC(=O)[C@H]([C@@H](C)[C@@H](O)CO)NC(=O)[C@@H]3C[C@@H](O)CN3C(=O)[C@H](CC(N)=O)NC(=O)C(CS(=O)c3[nH]c4c(CSCCOCCOCCOCCOCCOCCOCCOCCOCCOCCOCCOCCN/C=C(\N)CN5C(=O)CC(C)C5=O)c(O)ccc4c3C2)NC(=O)CNC1=O. The second-order valence-corrected chi connectivity index (χ2v) is 30.4. The maximum absolute atomic E-state index is 15.3. The normalized spacial score (nSPS) is 22.9. The molecular formula is C74H117N11O27S2. The minimum Gasteiger partial charge on any atom is -0.508 e. The lowest BCUT2D eigenvalue weighted by Crippen LogP contribution is -2.60. The Labute approximate surface area is 669 Å². The van der Waals surface area contributed by atoms with Gasteiger partial charge in [0.1, 0.15) is 28.9 Å². The summed E-state index contributed by atoms with van der Waals surface area (Å²) in [6.45, 7) is 12.5. The molecule has 4 aliphatic rings. The number of fused-ring (bicyclic) bond motifs is 5. The van der Waals surface area contributed by atoms with E-state index in [1.54, 1.807) is 27.0 Å². The molecule has 40 heteroatoms. The largest absolute Gasteiger partial charge is 0.508 e. The van der Waals surface area contributed by atoms with Gasteiger partial charge in [-0.25, -0.2) is 0 Å². The van der Waals surface area contributed by atoms with Crippen molar-refractivity contribution in [2.75, 3.05) is 196 Å². The Morgan fingerprint density at radius 3 is 1.75 bits per heavy atom. The molecule has 3 unspecified atom stereocenters. The van der Waals surface area contributed by atoms with Gasteiger partial charge in [0.2, 0.25) is 53.2 Å². The maximum Gasteiger partial charge on any atom is 0.246 e. The highest BCUT2D eigenvalue weighted by atomic mass is 32.2. The molecule has 5 heterocycles. The molecule has 12 atom stereocenters. The van der Waals surface area contributed by atoms with Gasteiger partial charge in [0.15, 0.2) is 11.6 Å². The van der Waals surface area contributed by atoms with Gasteiger partial charge >= 0.3 is 0 Å². The molecule has 0 aliphatic carbocycles. The first kappa shape index (κ1) is 95.5. The number of carbonyl (C=O) groups excluding carboxylic acids is 11. The van der Waals surface area contributed by atoms with Gasteiger partial charge in [0.05, 0.1) is 218 Å². The Hall–Kier alpha value is -7.39. The van der Waals surface area contributed by atoms with E-state index < -0.39 is 188 Å². The number of aliphatic hydroxyl groups excluding tert-OH is 3. The summed E-state index contributed by atoms with van der Waals surface area (Å²) in [6, 6.07) is -4.16. The van der Waals surface area contributed by atoms with Crippen LogP contribution in [0.25, 0.3) is 10.9 Å². The van der Waals surface area contributed by atoms with Crippen molar-refractivity contribution >= 4 is 98.2 Å². The number of amides is 9. The number of hydrogen-bond acceptors (Lipinski definition) is 30. The van der Waals surface area contributed by atoms with Crippen LogP contribution in [0.5, 0.6) is 5.75 Å². The van der Waals surface area contributed by atoms with Gasteiger partial charge in [-0.05, 0) is 30.0 Å². The van der Waals surface area contributed by atoms with Crippen molar-refractivity contribution in [1.82, 2.24) is 46.7 Å². The smallest absolute Gasteiger partial charge is 0.246 e. The number of ether oxygens (including phenoxy) is 11. The number of hydrogen-bond donors (Lipinski definition) is 13. The maximum atomic E-state index is 15.3. The molecule has 38 nitrogen and oxygen atoms in total. The number of phenols is 1. The van der Waals surface area contributed by atoms with E-state index in [2.05, 4.69) is 36.9 Å². The fourth-order valence-corrected chi connectivity index (χ4v) is 15.0. The van der Waals surface area contributed by atoms with E-state index in [0.717, 1.165) is 4.90 Å². The number of likely N-dealkylation sites (tertiary alicyclic amines) is 1. The van der Waals surface area contributed by atoms with Crippen molar-refractivity contribution in [3.05, 3.63) is 35.2 Å². The molecule has 2 fully saturated rings. The summed E-state index contributed by atoms with van der Waals surface area (Å²) in [6.07, 6.45) is -3.72. The average molecular weight is 1660 g/mol. The van der Waals surface area contributed by atoms with Crippen molar-refractivity contribution in [3.8, 4) is 5.75 Å². The molecule has 2 bridgehead atoms. The Morgan fingerprint density at radius 1 is 0.684 bits per heavy atom. The molecule has 0 radical (unpaired) electrons. The second-order valence-electron chi connectivity index (χ2n) is 27.9. The van der Waals surface area contributed by atoms with Gasteiger partial charge in [-0.3, -0.25) is 61.8 Å². The third-order valence-electron chi connectivity index (χ3n) is 19.3. The van der Waals surface area contributed by atoms with E-state index >= 15 is 4.21 Å². The summed E-state index contributed by atoms with van der Waals surface area (Å²) >= 11 is 1.36. The number of thioether (sulfide) groups is 1. The molecule has 2 aromatic rings. The van der Waals surface area contributed by atoms with Crippen LogP contribution in [-0.4, -0.2) is 337 Å². The van der Waals surface area contributed by atoms with Gasteiger partial charge in [0.25, 0.3) is 0 Å². The van der Waals surface area contributed by atoms with E-state index in [1.165, 1.54) is 35.7 Å². The number of imide groups is 1. The lowest BCUT2D eigenvalue weighted by atomic mass is 9.85. The van der Waals surface area contributed by atoms with Gasteiger partial charge in [-0.1, -0.05) is 34.1 Å². The quantitative estimate of drug-likeness (QED) is 0.0225. The van der Waals surface area contributed by atoms with Crippen molar-refractivity contribution in [2.45, 2.75) is 120 Å². The number of primary amides is 1. The molecular weight excluding hydrogens is 1540 g/mol. The first-order valence-corrected chi connectivity index (χ1v) is 41.0. The van der Waals surface area contributed by atoms with E-state index in [0.29, 0.717) is 161 Å². The number of aromatic hydroxyl groups is 1. The number of aliphatic hydroxyl groups is 3. The molecule has 6 rings (SSSR count). The predicted molar refractivity (Wildman–Crippen MR) is 411 cm³/mol. The van der Waals surface area contributed by atoms with Crippen LogP contribution in [0.3, 0.4) is 0 Å². The van der Waals surface area contributed by atoms with Crippen LogP contribution in [0.2, 0.25) is 0 Å². The summed E-state index contributed by atoms with van der Waals surface area (Å²) < 4.78 is 76.6. The molecule has 114 heavy (non-hydrogen) atoms. The van der Waals surface area contributed by atoms with E-state index in [1.807, 2.05) is 0 Å². The standard InChI is InChI=1S/C74H117N11O27S2/c1-5-46(2)54-35-51(87)39-78-68(95)49-33-55-53-6-7-60(89)56(67(53)83-72(55)114(101)45-58(80-64(93)40-79-69(54)96)70(97)81-57(37-63(76)92)74(100)84-42-52(88)36-59(84)71(98)82-66(61(90)34-49)48(4)62(91)43-86)44-113-31-30-112-29-28-111-27-26-110-25-24-109-23-22-108-21-20-107-19-18-106-17-16-105-15-14-104-13-12-103-11-10-102-9-8-77-38-50(75)41-85-65(94)32-47(3)73(85)99/h6-7,38,46-49,52,54,57-59,62,66,77,83,86,88-89,91H,5,8-37,39-45,75H2,1-4H3,(H2,76,92)(H,78,95)(H,79,96)(H,80,93)(H,81,97)(H,82,98)/b50-38-/t46-,47?,48-,49+,52+,54-,57-,58?,59-,62-,66-,114?/m0/s1. The van der Waals surface area contributed by atoms with E-state index in [4.69, 9.17) is 63.6 Å². The van der Waals surface area contributed by atoms with Crippen LogP contribution < -0.4 is 43.4 Å². The van der Waals surface area contributed by atoms with Crippen molar-refractivity contribution < 1.29 is 129 Å². The number of ketones is 2. The molecule has 0 saturated carbocycles. The lowest BCUT2D eigenvalue weighted by Gasteiger charge is -2.32.